The Morgan fingerprint density at radius 3 is 2.37 bits per heavy atom. The number of urea groups is 1. The van der Waals surface area contributed by atoms with Crippen LogP contribution in [-0.2, 0) is 10.0 Å². The summed E-state index contributed by atoms with van der Waals surface area (Å²) in [7, 11) is -2.51. The first-order valence-electron chi connectivity index (χ1n) is 5.97. The van der Waals surface area contributed by atoms with Gasteiger partial charge in [-0.25, -0.2) is 17.5 Å². The highest BCUT2D eigenvalue weighted by atomic mass is 32.2. The van der Waals surface area contributed by atoms with E-state index in [1.807, 2.05) is 6.92 Å². The Bertz CT molecular complexity index is 525. The number of carbonyl (C=O) groups excluding carboxylic acids is 1. The number of amides is 2. The molecule has 0 aliphatic rings. The zero-order valence-corrected chi connectivity index (χ0v) is 11.8. The number of sulfonamides is 1. The lowest BCUT2D eigenvalue weighted by atomic mass is 10.3. The molecule has 1 aromatic carbocycles. The fourth-order valence-electron chi connectivity index (χ4n) is 1.50. The number of nitrogens with zero attached hydrogens (tertiary/aromatic N) is 1. The second-order valence-corrected chi connectivity index (χ2v) is 5.84. The van der Waals surface area contributed by atoms with E-state index in [2.05, 4.69) is 5.32 Å². The molecule has 0 spiro atoms. The first-order chi connectivity index (χ1) is 8.93. The fourth-order valence-corrected chi connectivity index (χ4v) is 2.92. The van der Waals surface area contributed by atoms with E-state index in [1.165, 1.54) is 31.3 Å². The minimum absolute atomic E-state index is 0.0231. The minimum atomic E-state index is -3.89. The van der Waals surface area contributed by atoms with Gasteiger partial charge >= 0.3 is 6.03 Å². The van der Waals surface area contributed by atoms with Crippen LogP contribution in [0.2, 0.25) is 0 Å². The maximum absolute atomic E-state index is 12.3. The van der Waals surface area contributed by atoms with Gasteiger partial charge in [-0.3, -0.25) is 0 Å². The molecule has 0 heterocycles. The summed E-state index contributed by atoms with van der Waals surface area (Å²) in [5.74, 6) is -0.0287. The SMILES string of the molecule is CCCCN(C(=O)NC)S(=O)(=O)c1ccc(O)cc1. The summed E-state index contributed by atoms with van der Waals surface area (Å²) in [6.45, 7) is 2.04. The van der Waals surface area contributed by atoms with Crippen molar-refractivity contribution >= 4 is 16.1 Å². The number of aromatic hydroxyl groups is 1. The van der Waals surface area contributed by atoms with Crippen LogP contribution >= 0.6 is 0 Å². The lowest BCUT2D eigenvalue weighted by Gasteiger charge is -2.21. The van der Waals surface area contributed by atoms with Crippen molar-refractivity contribution < 1.29 is 18.3 Å². The summed E-state index contributed by atoms with van der Waals surface area (Å²) in [5.41, 5.74) is 0. The Balaban J connectivity index is 3.11. The second-order valence-electron chi connectivity index (χ2n) is 3.98. The molecule has 19 heavy (non-hydrogen) atoms. The van der Waals surface area contributed by atoms with E-state index in [1.54, 1.807) is 0 Å². The predicted molar refractivity (Wildman–Crippen MR) is 71.4 cm³/mol. The molecular formula is C12H18N2O4S. The number of benzene rings is 1. The standard InChI is InChI=1S/C12H18N2O4S/c1-3-4-9-14(12(16)13-2)19(17,18)11-7-5-10(15)6-8-11/h5-8,15H,3-4,9H2,1-2H3,(H,13,16). The van der Waals surface area contributed by atoms with Crippen LogP contribution < -0.4 is 5.32 Å². The summed E-state index contributed by atoms with van der Waals surface area (Å²) >= 11 is 0. The summed E-state index contributed by atoms with van der Waals surface area (Å²) in [6.07, 6.45) is 1.36. The zero-order valence-electron chi connectivity index (χ0n) is 11.0. The van der Waals surface area contributed by atoms with E-state index >= 15 is 0 Å². The van der Waals surface area contributed by atoms with E-state index in [-0.39, 0.29) is 17.2 Å². The van der Waals surface area contributed by atoms with E-state index in [4.69, 9.17) is 0 Å². The molecule has 0 saturated heterocycles. The molecule has 0 aromatic heterocycles. The number of hydrogen-bond acceptors (Lipinski definition) is 4. The van der Waals surface area contributed by atoms with Crippen LogP contribution in [-0.4, -0.2) is 37.5 Å². The van der Waals surface area contributed by atoms with Gasteiger partial charge < -0.3 is 10.4 Å². The van der Waals surface area contributed by atoms with Crippen LogP contribution in [0.4, 0.5) is 4.79 Å². The molecule has 0 saturated carbocycles. The molecule has 0 aliphatic heterocycles. The Morgan fingerprint density at radius 2 is 1.89 bits per heavy atom. The van der Waals surface area contributed by atoms with Gasteiger partial charge in [0.15, 0.2) is 0 Å². The van der Waals surface area contributed by atoms with Crippen molar-refractivity contribution in [3.05, 3.63) is 24.3 Å². The molecule has 0 unspecified atom stereocenters. The molecule has 0 fully saturated rings. The third-order valence-electron chi connectivity index (χ3n) is 2.58. The van der Waals surface area contributed by atoms with Crippen molar-refractivity contribution in [2.75, 3.05) is 13.6 Å². The van der Waals surface area contributed by atoms with Crippen LogP contribution in [0.15, 0.2) is 29.2 Å². The van der Waals surface area contributed by atoms with Gasteiger partial charge in [-0.2, -0.15) is 0 Å². The smallest absolute Gasteiger partial charge is 0.331 e. The maximum Gasteiger partial charge on any atom is 0.331 e. The number of unbranched alkanes of at least 4 members (excludes halogenated alkanes) is 1. The number of nitrogens with one attached hydrogen (secondary N) is 1. The van der Waals surface area contributed by atoms with E-state index in [9.17, 15) is 18.3 Å². The van der Waals surface area contributed by atoms with E-state index in [0.29, 0.717) is 6.42 Å². The fraction of sp³-hybridized carbons (Fsp3) is 0.417. The largest absolute Gasteiger partial charge is 0.508 e. The average molecular weight is 286 g/mol. The van der Waals surface area contributed by atoms with Crippen molar-refractivity contribution in [3.8, 4) is 5.75 Å². The van der Waals surface area contributed by atoms with Gasteiger partial charge in [-0.05, 0) is 30.7 Å². The Hall–Kier alpha value is -1.76. The molecule has 1 rings (SSSR count). The summed E-state index contributed by atoms with van der Waals surface area (Å²) in [4.78, 5) is 11.7. The maximum atomic E-state index is 12.3. The van der Waals surface area contributed by atoms with Crippen molar-refractivity contribution in [3.63, 3.8) is 0 Å². The zero-order chi connectivity index (χ0) is 14.5. The highest BCUT2D eigenvalue weighted by molar-refractivity contribution is 7.89. The van der Waals surface area contributed by atoms with Gasteiger partial charge in [-0.15, -0.1) is 0 Å². The number of phenolic OH excluding ortho intramolecular Hbond substituents is 1. The molecule has 1 aromatic rings. The van der Waals surface area contributed by atoms with Gasteiger partial charge in [0.05, 0.1) is 4.90 Å². The first-order valence-corrected chi connectivity index (χ1v) is 7.41. The van der Waals surface area contributed by atoms with Crippen molar-refractivity contribution in [2.24, 2.45) is 0 Å². The van der Waals surface area contributed by atoms with Gasteiger partial charge in [0, 0.05) is 13.6 Å². The van der Waals surface area contributed by atoms with Gasteiger partial charge in [0.2, 0.25) is 0 Å². The van der Waals surface area contributed by atoms with Crippen molar-refractivity contribution in [1.82, 2.24) is 9.62 Å². The molecule has 7 heteroatoms. The molecule has 2 amide bonds. The Kier molecular flexibility index (Phi) is 5.17. The molecule has 0 atom stereocenters. The third kappa shape index (κ3) is 3.60. The number of hydrogen-bond donors (Lipinski definition) is 2. The molecule has 0 bridgehead atoms. The van der Waals surface area contributed by atoms with Crippen LogP contribution in [0.1, 0.15) is 19.8 Å². The molecule has 106 valence electrons. The summed E-state index contributed by atoms with van der Waals surface area (Å²) in [6, 6.07) is 4.42. The van der Waals surface area contributed by atoms with Crippen LogP contribution in [0, 0.1) is 0 Å². The van der Waals surface area contributed by atoms with Crippen LogP contribution in [0.5, 0.6) is 5.75 Å². The normalized spacial score (nSPS) is 11.1. The monoisotopic (exact) mass is 286 g/mol. The van der Waals surface area contributed by atoms with Crippen molar-refractivity contribution in [1.29, 1.82) is 0 Å². The number of rotatable bonds is 5. The average Bonchev–Trinajstić information content (AvgIpc) is 2.39. The molecule has 0 radical (unpaired) electrons. The molecule has 0 aliphatic carbocycles. The van der Waals surface area contributed by atoms with Crippen LogP contribution in [0.25, 0.3) is 0 Å². The van der Waals surface area contributed by atoms with E-state index in [0.717, 1.165) is 10.7 Å². The molecular weight excluding hydrogens is 268 g/mol. The minimum Gasteiger partial charge on any atom is -0.508 e. The lowest BCUT2D eigenvalue weighted by Crippen LogP contribution is -2.42. The summed E-state index contributed by atoms with van der Waals surface area (Å²) in [5, 5.41) is 11.5. The van der Waals surface area contributed by atoms with Crippen LogP contribution in [0.3, 0.4) is 0 Å². The molecule has 6 nitrogen and oxygen atoms in total. The Morgan fingerprint density at radius 1 is 1.32 bits per heavy atom. The third-order valence-corrected chi connectivity index (χ3v) is 4.38. The van der Waals surface area contributed by atoms with E-state index < -0.39 is 16.1 Å². The highest BCUT2D eigenvalue weighted by Crippen LogP contribution is 2.19. The topological polar surface area (TPSA) is 86.7 Å². The highest BCUT2D eigenvalue weighted by Gasteiger charge is 2.27. The quantitative estimate of drug-likeness (QED) is 0.859. The second kappa shape index (κ2) is 6.42. The number of carbonyl (C=O) groups is 1. The van der Waals surface area contributed by atoms with Gasteiger partial charge in [0.25, 0.3) is 10.0 Å². The molecule has 2 N–H and O–H groups in total. The van der Waals surface area contributed by atoms with Crippen molar-refractivity contribution in [2.45, 2.75) is 24.7 Å². The first kappa shape index (κ1) is 15.3. The van der Waals surface area contributed by atoms with Gasteiger partial charge in [0.1, 0.15) is 5.75 Å². The lowest BCUT2D eigenvalue weighted by molar-refractivity contribution is 0.224. The summed E-state index contributed by atoms with van der Waals surface area (Å²) < 4.78 is 25.5. The predicted octanol–water partition coefficient (Wildman–Crippen LogP) is 1.52. The number of phenols is 1. The Labute approximate surface area is 113 Å². The van der Waals surface area contributed by atoms with Gasteiger partial charge in [-0.1, -0.05) is 13.3 Å².